The predicted molar refractivity (Wildman–Crippen MR) is 150 cm³/mol. The average molecular weight is 462 g/mol. The van der Waals surface area contributed by atoms with Crippen molar-refractivity contribution < 1.29 is 4.74 Å². The molecule has 1 heterocycles. The summed E-state index contributed by atoms with van der Waals surface area (Å²) in [7, 11) is 0. The smallest absolute Gasteiger partial charge is 0.159 e. The molecule has 0 spiro atoms. The van der Waals surface area contributed by atoms with E-state index in [0.717, 1.165) is 39.7 Å². The fraction of sp³-hybridized carbons (Fsp3) is 0. The maximum atomic E-state index is 6.88. The molecule has 0 saturated heterocycles. The van der Waals surface area contributed by atoms with Gasteiger partial charge in [0.1, 0.15) is 5.75 Å². The van der Waals surface area contributed by atoms with Gasteiger partial charge in [-0.3, -0.25) is 0 Å². The molecular formula is C34H23NO. The first-order chi connectivity index (χ1) is 17.9. The zero-order chi connectivity index (χ0) is 23.9. The maximum Gasteiger partial charge on any atom is 0.159 e. The van der Waals surface area contributed by atoms with Crippen LogP contribution in [0.4, 0.5) is 17.1 Å². The van der Waals surface area contributed by atoms with Crippen molar-refractivity contribution in [1.29, 1.82) is 0 Å². The van der Waals surface area contributed by atoms with Crippen molar-refractivity contribution in [1.82, 2.24) is 0 Å². The Morgan fingerprint density at radius 1 is 0.417 bits per heavy atom. The second-order valence-electron chi connectivity index (χ2n) is 8.97. The van der Waals surface area contributed by atoms with E-state index in [-0.39, 0.29) is 0 Å². The summed E-state index contributed by atoms with van der Waals surface area (Å²) in [6.45, 7) is 0. The number of anilines is 3. The van der Waals surface area contributed by atoms with Gasteiger partial charge in [-0.2, -0.15) is 0 Å². The van der Waals surface area contributed by atoms with Crippen LogP contribution in [0.2, 0.25) is 0 Å². The Bertz CT molecular complexity index is 1660. The molecule has 2 heteroatoms. The third kappa shape index (κ3) is 3.27. The fourth-order valence-corrected chi connectivity index (χ4v) is 5.28. The zero-order valence-corrected chi connectivity index (χ0v) is 19.6. The van der Waals surface area contributed by atoms with Gasteiger partial charge in [0.15, 0.2) is 5.75 Å². The number of nitrogens with zero attached hydrogens (tertiary/aromatic N) is 1. The summed E-state index contributed by atoms with van der Waals surface area (Å²) in [5.41, 5.74) is 7.70. The van der Waals surface area contributed by atoms with Crippen LogP contribution < -0.4 is 9.64 Å². The van der Waals surface area contributed by atoms with Crippen LogP contribution in [0.15, 0.2) is 140 Å². The Labute approximate surface area is 210 Å². The summed E-state index contributed by atoms with van der Waals surface area (Å²) in [6, 6.07) is 48.8. The lowest BCUT2D eigenvalue weighted by Crippen LogP contribution is -2.11. The predicted octanol–water partition coefficient (Wildman–Crippen LogP) is 9.75. The van der Waals surface area contributed by atoms with E-state index in [4.69, 9.17) is 4.74 Å². The van der Waals surface area contributed by atoms with Crippen molar-refractivity contribution in [3.63, 3.8) is 0 Å². The Morgan fingerprint density at radius 3 is 1.64 bits per heavy atom. The zero-order valence-electron chi connectivity index (χ0n) is 19.6. The summed E-state index contributed by atoms with van der Waals surface area (Å²) in [4.78, 5) is 2.27. The van der Waals surface area contributed by atoms with E-state index in [9.17, 15) is 0 Å². The van der Waals surface area contributed by atoms with Gasteiger partial charge in [-0.1, -0.05) is 103 Å². The minimum atomic E-state index is 0.847. The van der Waals surface area contributed by atoms with Crippen LogP contribution in [-0.2, 0) is 0 Å². The van der Waals surface area contributed by atoms with Crippen LogP contribution in [-0.4, -0.2) is 0 Å². The van der Waals surface area contributed by atoms with E-state index in [2.05, 4.69) is 126 Å². The first-order valence-electron chi connectivity index (χ1n) is 12.2. The summed E-state index contributed by atoms with van der Waals surface area (Å²) < 4.78 is 6.88. The van der Waals surface area contributed by atoms with Gasteiger partial charge in [-0.15, -0.1) is 0 Å². The van der Waals surface area contributed by atoms with Crippen molar-refractivity contribution in [2.24, 2.45) is 0 Å². The van der Waals surface area contributed by atoms with Crippen LogP contribution in [0, 0.1) is 0 Å². The number of ether oxygens (including phenoxy) is 1. The highest BCUT2D eigenvalue weighted by Crippen LogP contribution is 2.51. The van der Waals surface area contributed by atoms with Crippen molar-refractivity contribution in [3.05, 3.63) is 140 Å². The highest BCUT2D eigenvalue weighted by atomic mass is 16.5. The topological polar surface area (TPSA) is 12.5 Å². The fourth-order valence-electron chi connectivity index (χ4n) is 5.28. The molecule has 1 aliphatic rings. The Balaban J connectivity index is 1.58. The first kappa shape index (κ1) is 20.5. The lowest BCUT2D eigenvalue weighted by Gasteiger charge is -2.30. The summed E-state index contributed by atoms with van der Waals surface area (Å²) in [6.07, 6.45) is 0. The molecule has 6 aromatic carbocycles. The normalized spacial score (nSPS) is 11.6. The summed E-state index contributed by atoms with van der Waals surface area (Å²) in [5.74, 6) is 1.70. The van der Waals surface area contributed by atoms with E-state index >= 15 is 0 Å². The number of benzene rings is 6. The highest BCUT2D eigenvalue weighted by Gasteiger charge is 2.25. The second-order valence-corrected chi connectivity index (χ2v) is 8.97. The lowest BCUT2D eigenvalue weighted by molar-refractivity contribution is 0.487. The molecule has 2 nitrogen and oxygen atoms in total. The van der Waals surface area contributed by atoms with Crippen molar-refractivity contribution >= 4 is 27.8 Å². The minimum Gasteiger partial charge on any atom is -0.454 e. The molecule has 170 valence electrons. The van der Waals surface area contributed by atoms with Gasteiger partial charge in [0.2, 0.25) is 0 Å². The molecule has 1 aliphatic heterocycles. The molecule has 6 aromatic rings. The summed E-state index contributed by atoms with van der Waals surface area (Å²) in [5, 5.41) is 2.47. The van der Waals surface area contributed by atoms with Crippen molar-refractivity contribution in [3.8, 4) is 33.8 Å². The van der Waals surface area contributed by atoms with E-state index in [1.165, 1.54) is 21.9 Å². The van der Waals surface area contributed by atoms with E-state index < -0.39 is 0 Å². The van der Waals surface area contributed by atoms with Gasteiger partial charge in [-0.25, -0.2) is 0 Å². The third-order valence-electron chi connectivity index (χ3n) is 6.85. The third-order valence-corrected chi connectivity index (χ3v) is 6.85. The molecule has 0 N–H and O–H groups in total. The first-order valence-corrected chi connectivity index (χ1v) is 12.2. The van der Waals surface area contributed by atoms with Gasteiger partial charge < -0.3 is 9.64 Å². The number of rotatable bonds is 3. The average Bonchev–Trinajstić information content (AvgIpc) is 2.94. The molecule has 0 radical (unpaired) electrons. The standard InChI is InChI=1S/C34H23NO/c1-3-14-25(15-4-1)35(26-16-5-2-6-17-26)31-22-11-21-30-29-20-10-13-24-12-9-19-28(33(24)29)27-18-7-8-23-32(27)36-34(30)31/h1-23H. The van der Waals surface area contributed by atoms with Crippen LogP contribution in [0.5, 0.6) is 11.5 Å². The molecule has 0 aromatic heterocycles. The number of para-hydroxylation sites is 4. The van der Waals surface area contributed by atoms with Crippen LogP contribution in [0.1, 0.15) is 0 Å². The van der Waals surface area contributed by atoms with Crippen LogP contribution in [0.25, 0.3) is 33.0 Å². The lowest BCUT2D eigenvalue weighted by atomic mass is 9.89. The Kier molecular flexibility index (Phi) is 4.82. The van der Waals surface area contributed by atoms with Crippen molar-refractivity contribution in [2.45, 2.75) is 0 Å². The van der Waals surface area contributed by atoms with Gasteiger partial charge in [0, 0.05) is 22.5 Å². The molecule has 0 unspecified atom stereocenters. The maximum absolute atomic E-state index is 6.88. The molecule has 0 bridgehead atoms. The molecule has 36 heavy (non-hydrogen) atoms. The van der Waals surface area contributed by atoms with Crippen molar-refractivity contribution in [2.75, 3.05) is 4.90 Å². The molecular weight excluding hydrogens is 438 g/mol. The Morgan fingerprint density at radius 2 is 0.944 bits per heavy atom. The molecule has 0 atom stereocenters. The minimum absolute atomic E-state index is 0.847. The quantitative estimate of drug-likeness (QED) is 0.260. The van der Waals surface area contributed by atoms with Crippen LogP contribution in [0.3, 0.4) is 0 Å². The largest absolute Gasteiger partial charge is 0.454 e. The van der Waals surface area contributed by atoms with E-state index in [1.54, 1.807) is 0 Å². The number of fused-ring (bicyclic) bond motifs is 4. The molecule has 0 amide bonds. The summed E-state index contributed by atoms with van der Waals surface area (Å²) >= 11 is 0. The SMILES string of the molecule is c1ccc(N(c2ccccc2)c2cccc3c2Oc2ccccc2-c2cccc4cccc-3c24)cc1. The highest BCUT2D eigenvalue weighted by molar-refractivity contribution is 6.09. The molecule has 0 aliphatic carbocycles. The van der Waals surface area contributed by atoms with Crippen LogP contribution >= 0.6 is 0 Å². The number of hydrogen-bond donors (Lipinski definition) is 0. The molecule has 0 saturated carbocycles. The van der Waals surface area contributed by atoms with Gasteiger partial charge in [0.25, 0.3) is 0 Å². The second kappa shape index (κ2) is 8.44. The Hall–Kier alpha value is -4.82. The van der Waals surface area contributed by atoms with Gasteiger partial charge in [0.05, 0.1) is 5.69 Å². The van der Waals surface area contributed by atoms with E-state index in [1.807, 2.05) is 18.2 Å². The van der Waals surface area contributed by atoms with Gasteiger partial charge in [-0.05, 0) is 58.3 Å². The molecule has 0 fully saturated rings. The monoisotopic (exact) mass is 461 g/mol. The molecule has 7 rings (SSSR count). The van der Waals surface area contributed by atoms with Gasteiger partial charge >= 0.3 is 0 Å². The van der Waals surface area contributed by atoms with E-state index in [0.29, 0.717) is 0 Å². The number of hydrogen-bond acceptors (Lipinski definition) is 2.